The molecule has 0 bridgehead atoms. The molecular formula is C6H6Cl3N3O2. The van der Waals surface area contributed by atoms with Crippen LogP contribution in [0.25, 0.3) is 0 Å². The lowest BCUT2D eigenvalue weighted by molar-refractivity contribution is -0.538. The first-order valence-electron chi connectivity index (χ1n) is 3.20. The summed E-state index contributed by atoms with van der Waals surface area (Å²) in [5.74, 6) is 0. The van der Waals surface area contributed by atoms with Gasteiger partial charge in [0, 0.05) is 0 Å². The van der Waals surface area contributed by atoms with Crippen LogP contribution < -0.4 is 11.0 Å². The molecule has 0 unspecified atom stereocenters. The zero-order chi connectivity index (χ0) is 9.84. The Morgan fingerprint density at radius 3 is 2.43 bits per heavy atom. The molecule has 78 valence electrons. The first kappa shape index (κ1) is 13.1. The number of hydrazine groups is 2. The van der Waals surface area contributed by atoms with E-state index in [-0.39, 0.29) is 12.4 Å². The second-order valence-corrected chi connectivity index (χ2v) is 2.94. The SMILES string of the molecule is Cl.O=[N+]([O-])NNc1ccc(Cl)c(Cl)c1. The molecule has 0 aliphatic carbocycles. The lowest BCUT2D eigenvalue weighted by atomic mass is 10.3. The number of rotatable bonds is 3. The van der Waals surface area contributed by atoms with Gasteiger partial charge < -0.3 is 0 Å². The molecule has 5 nitrogen and oxygen atoms in total. The Morgan fingerprint density at radius 2 is 1.93 bits per heavy atom. The topological polar surface area (TPSA) is 67.2 Å². The molecule has 0 radical (unpaired) electrons. The largest absolute Gasteiger partial charge is 0.248 e. The second kappa shape index (κ2) is 5.74. The smallest absolute Gasteiger partial charge is 0.178 e. The molecule has 1 aromatic carbocycles. The zero-order valence-corrected chi connectivity index (χ0v) is 8.99. The predicted molar refractivity (Wildman–Crippen MR) is 57.5 cm³/mol. The normalized spacial score (nSPS) is 8.71. The molecule has 1 rings (SSSR count). The van der Waals surface area contributed by atoms with E-state index in [0.717, 1.165) is 0 Å². The van der Waals surface area contributed by atoms with Crippen LogP contribution in [0.2, 0.25) is 10.0 Å². The number of hydrogen-bond acceptors (Lipinski definition) is 3. The van der Waals surface area contributed by atoms with E-state index in [1.807, 2.05) is 0 Å². The average Bonchev–Trinajstić information content (AvgIpc) is 2.07. The summed E-state index contributed by atoms with van der Waals surface area (Å²) in [7, 11) is 0. The van der Waals surface area contributed by atoms with E-state index in [1.54, 1.807) is 11.6 Å². The number of nitro groups is 1. The van der Waals surface area contributed by atoms with Gasteiger partial charge in [0.05, 0.1) is 15.7 Å². The third-order valence-corrected chi connectivity index (χ3v) is 1.95. The first-order valence-corrected chi connectivity index (χ1v) is 3.96. The quantitative estimate of drug-likeness (QED) is 0.646. The third kappa shape index (κ3) is 3.87. The molecule has 0 aromatic heterocycles. The molecule has 0 heterocycles. The van der Waals surface area contributed by atoms with E-state index in [0.29, 0.717) is 15.7 Å². The first-order chi connectivity index (χ1) is 6.09. The monoisotopic (exact) mass is 257 g/mol. The van der Waals surface area contributed by atoms with E-state index in [4.69, 9.17) is 23.2 Å². The molecule has 0 saturated carbocycles. The van der Waals surface area contributed by atoms with E-state index in [2.05, 4.69) is 5.43 Å². The van der Waals surface area contributed by atoms with Gasteiger partial charge in [0.15, 0.2) is 5.03 Å². The van der Waals surface area contributed by atoms with Crippen molar-refractivity contribution in [3.8, 4) is 0 Å². The number of benzene rings is 1. The second-order valence-electron chi connectivity index (χ2n) is 2.12. The summed E-state index contributed by atoms with van der Waals surface area (Å²) >= 11 is 11.3. The Labute approximate surface area is 95.9 Å². The summed E-state index contributed by atoms with van der Waals surface area (Å²) in [6.45, 7) is 0. The van der Waals surface area contributed by atoms with Crippen LogP contribution in [0.15, 0.2) is 18.2 Å². The van der Waals surface area contributed by atoms with E-state index in [9.17, 15) is 10.1 Å². The van der Waals surface area contributed by atoms with E-state index >= 15 is 0 Å². The zero-order valence-electron chi connectivity index (χ0n) is 6.66. The minimum absolute atomic E-state index is 0. The molecule has 2 N–H and O–H groups in total. The van der Waals surface area contributed by atoms with Crippen molar-refractivity contribution in [3.63, 3.8) is 0 Å². The third-order valence-electron chi connectivity index (χ3n) is 1.21. The summed E-state index contributed by atoms with van der Waals surface area (Å²) in [6.07, 6.45) is 0. The predicted octanol–water partition coefficient (Wildman–Crippen LogP) is 2.52. The van der Waals surface area contributed by atoms with Gasteiger partial charge in [-0.15, -0.1) is 12.4 Å². The molecule has 0 saturated heterocycles. The fraction of sp³-hybridized carbons (Fsp3) is 0. The maximum Gasteiger partial charge on any atom is 0.178 e. The summed E-state index contributed by atoms with van der Waals surface area (Å²) in [5.41, 5.74) is 4.56. The van der Waals surface area contributed by atoms with Crippen LogP contribution >= 0.6 is 35.6 Å². The summed E-state index contributed by atoms with van der Waals surface area (Å²) < 4.78 is 0. The van der Waals surface area contributed by atoms with Crippen LogP contribution in [-0.4, -0.2) is 5.03 Å². The Morgan fingerprint density at radius 1 is 1.29 bits per heavy atom. The van der Waals surface area contributed by atoms with Crippen molar-refractivity contribution >= 4 is 41.3 Å². The van der Waals surface area contributed by atoms with Crippen molar-refractivity contribution in [1.29, 1.82) is 0 Å². The van der Waals surface area contributed by atoms with Gasteiger partial charge in [-0.2, -0.15) is 0 Å². The van der Waals surface area contributed by atoms with Crippen LogP contribution in [0.5, 0.6) is 0 Å². The number of hydrogen-bond donors (Lipinski definition) is 2. The maximum atomic E-state index is 9.90. The number of halogens is 3. The molecule has 0 aliphatic rings. The van der Waals surface area contributed by atoms with Crippen LogP contribution in [0, 0.1) is 10.1 Å². The summed E-state index contributed by atoms with van der Waals surface area (Å²) in [5, 5.41) is 9.90. The molecule has 0 atom stereocenters. The van der Waals surface area contributed by atoms with Crippen LogP contribution in [0.3, 0.4) is 0 Å². The van der Waals surface area contributed by atoms with Crippen molar-refractivity contribution < 1.29 is 5.03 Å². The van der Waals surface area contributed by atoms with Gasteiger partial charge >= 0.3 is 0 Å². The van der Waals surface area contributed by atoms with Crippen LogP contribution in [0.1, 0.15) is 0 Å². The van der Waals surface area contributed by atoms with E-state index < -0.39 is 5.03 Å². The molecule has 0 aliphatic heterocycles. The number of nitrogens with zero attached hydrogens (tertiary/aromatic N) is 1. The Balaban J connectivity index is 0.00000169. The van der Waals surface area contributed by atoms with E-state index in [1.165, 1.54) is 12.1 Å². The molecule has 0 amide bonds. The van der Waals surface area contributed by atoms with Crippen molar-refractivity contribution in [3.05, 3.63) is 38.4 Å². The van der Waals surface area contributed by atoms with Crippen LogP contribution in [-0.2, 0) is 0 Å². The van der Waals surface area contributed by atoms with Crippen molar-refractivity contribution in [2.75, 3.05) is 5.43 Å². The number of nitrogens with one attached hydrogen (secondary N) is 2. The van der Waals surface area contributed by atoms with Gasteiger partial charge in [-0.25, -0.2) is 15.5 Å². The molecule has 1 aromatic rings. The fourth-order valence-electron chi connectivity index (χ4n) is 0.684. The van der Waals surface area contributed by atoms with Crippen molar-refractivity contribution in [1.82, 2.24) is 5.53 Å². The van der Waals surface area contributed by atoms with Crippen molar-refractivity contribution in [2.45, 2.75) is 0 Å². The van der Waals surface area contributed by atoms with Gasteiger partial charge in [0.25, 0.3) is 0 Å². The lowest BCUT2D eigenvalue weighted by Gasteiger charge is -2.02. The van der Waals surface area contributed by atoms with Crippen molar-refractivity contribution in [2.24, 2.45) is 0 Å². The minimum Gasteiger partial charge on any atom is -0.248 e. The van der Waals surface area contributed by atoms with Gasteiger partial charge in [-0.3, -0.25) is 0 Å². The Bertz CT molecular complexity index is 334. The summed E-state index contributed by atoms with van der Waals surface area (Å²) in [4.78, 5) is 9.90. The van der Waals surface area contributed by atoms with Gasteiger partial charge in [0.2, 0.25) is 0 Å². The minimum atomic E-state index is -0.720. The number of anilines is 1. The van der Waals surface area contributed by atoms with Gasteiger partial charge in [0.1, 0.15) is 0 Å². The Hall–Kier alpha value is -0.910. The molecule has 14 heavy (non-hydrogen) atoms. The molecule has 0 spiro atoms. The van der Waals surface area contributed by atoms with Gasteiger partial charge in [-0.1, -0.05) is 23.2 Å². The molecular weight excluding hydrogens is 252 g/mol. The average molecular weight is 258 g/mol. The Kier molecular flexibility index (Phi) is 5.37. The van der Waals surface area contributed by atoms with Gasteiger partial charge in [-0.05, 0) is 23.7 Å². The highest BCUT2D eigenvalue weighted by molar-refractivity contribution is 6.42. The highest BCUT2D eigenvalue weighted by atomic mass is 35.5. The summed E-state index contributed by atoms with van der Waals surface area (Å²) in [6, 6.07) is 4.57. The van der Waals surface area contributed by atoms with Crippen LogP contribution in [0.4, 0.5) is 5.69 Å². The standard InChI is InChI=1S/C6H5Cl2N3O2.ClH/c7-5-2-1-4(3-6(5)8)9-10-11(12)13;/h1-3,9-10H;1H. The highest BCUT2D eigenvalue weighted by Crippen LogP contribution is 2.24. The fourth-order valence-corrected chi connectivity index (χ4v) is 0.982. The molecule has 0 fully saturated rings. The molecule has 8 heteroatoms. The lowest BCUT2D eigenvalue weighted by Crippen LogP contribution is -2.27. The highest BCUT2D eigenvalue weighted by Gasteiger charge is 1.99. The maximum absolute atomic E-state index is 9.90.